The number of rotatable bonds is 11. The summed E-state index contributed by atoms with van der Waals surface area (Å²) in [6, 6.07) is 9.51. The Kier molecular flexibility index (Phi) is 10.1. The smallest absolute Gasteiger partial charge is 0.249 e. The van der Waals surface area contributed by atoms with E-state index in [2.05, 4.69) is 52.5 Å². The van der Waals surface area contributed by atoms with E-state index >= 15 is 0 Å². The average Bonchev–Trinajstić information content (AvgIpc) is 3.51. The first-order chi connectivity index (χ1) is 20.0. The van der Waals surface area contributed by atoms with Crippen LogP contribution in [0, 0.1) is 5.41 Å². The molecular weight excluding hydrogens is 602 g/mol. The third-order valence-electron chi connectivity index (χ3n) is 7.59. The van der Waals surface area contributed by atoms with Crippen LogP contribution in [0.1, 0.15) is 39.2 Å². The molecular formula is C30H38BrN7O4. The minimum Gasteiger partial charge on any atom is -0.496 e. The Balaban J connectivity index is 1.68. The molecule has 1 saturated heterocycles. The summed E-state index contributed by atoms with van der Waals surface area (Å²) in [4.78, 5) is 48.3. The Labute approximate surface area is 254 Å². The van der Waals surface area contributed by atoms with Gasteiger partial charge in [0.2, 0.25) is 17.7 Å². The van der Waals surface area contributed by atoms with Gasteiger partial charge in [0, 0.05) is 15.9 Å². The van der Waals surface area contributed by atoms with Crippen molar-refractivity contribution in [1.29, 1.82) is 0 Å². The second kappa shape index (κ2) is 13.6. The largest absolute Gasteiger partial charge is 0.496 e. The van der Waals surface area contributed by atoms with E-state index in [1.54, 1.807) is 21.1 Å². The lowest BCUT2D eigenvalue weighted by Crippen LogP contribution is -2.59. The molecule has 0 spiro atoms. The molecule has 0 bridgehead atoms. The van der Waals surface area contributed by atoms with Crippen molar-refractivity contribution in [2.75, 3.05) is 26.0 Å². The van der Waals surface area contributed by atoms with Crippen molar-refractivity contribution in [2.45, 2.75) is 58.2 Å². The first-order valence-electron chi connectivity index (χ1n) is 13.9. The molecule has 5 N–H and O–H groups in total. The number of halogens is 1. The predicted molar refractivity (Wildman–Crippen MR) is 166 cm³/mol. The van der Waals surface area contributed by atoms with Gasteiger partial charge in [0.05, 0.1) is 30.4 Å². The number of amides is 3. The highest BCUT2D eigenvalue weighted by Crippen LogP contribution is 2.36. The first kappa shape index (κ1) is 31.3. The van der Waals surface area contributed by atoms with E-state index in [-0.39, 0.29) is 5.91 Å². The van der Waals surface area contributed by atoms with Crippen LogP contribution in [0.3, 0.4) is 0 Å². The molecule has 12 heteroatoms. The molecule has 1 aromatic heterocycles. The quantitative estimate of drug-likeness (QED) is 0.213. The summed E-state index contributed by atoms with van der Waals surface area (Å²) in [6.45, 7) is 6.19. The molecule has 4 rings (SSSR count). The fourth-order valence-electron chi connectivity index (χ4n) is 5.04. The van der Waals surface area contributed by atoms with E-state index < -0.39 is 35.4 Å². The third-order valence-corrected chi connectivity index (χ3v) is 8.28. The van der Waals surface area contributed by atoms with Gasteiger partial charge in [-0.05, 0) is 84.9 Å². The third kappa shape index (κ3) is 7.23. The number of imide groups is 1. The second-order valence-electron chi connectivity index (χ2n) is 11.1. The van der Waals surface area contributed by atoms with Crippen molar-refractivity contribution in [2.24, 2.45) is 5.41 Å². The van der Waals surface area contributed by atoms with Crippen LogP contribution < -0.4 is 31.3 Å². The van der Waals surface area contributed by atoms with Crippen LogP contribution in [-0.4, -0.2) is 66.5 Å². The van der Waals surface area contributed by atoms with Crippen LogP contribution >= 0.6 is 15.9 Å². The number of carbonyl (C=O) groups is 3. The lowest BCUT2D eigenvalue weighted by atomic mass is 9.77. The van der Waals surface area contributed by atoms with E-state index in [0.717, 1.165) is 34.1 Å². The minimum atomic E-state index is -1.02. The Morgan fingerprint density at radius 1 is 1.17 bits per heavy atom. The Morgan fingerprint density at radius 2 is 1.93 bits per heavy atom. The zero-order valence-electron chi connectivity index (χ0n) is 24.5. The summed E-state index contributed by atoms with van der Waals surface area (Å²) in [6.07, 6.45) is 3.33. The summed E-state index contributed by atoms with van der Waals surface area (Å²) in [5, 5.41) is 15.5. The number of likely N-dealkylation sites (N-methyl/N-ethyl adjacent to an activating group) is 1. The lowest BCUT2D eigenvalue weighted by molar-refractivity contribution is -0.137. The monoisotopic (exact) mass is 639 g/mol. The highest BCUT2D eigenvalue weighted by atomic mass is 79.9. The van der Waals surface area contributed by atoms with Gasteiger partial charge in [0.1, 0.15) is 23.9 Å². The number of methoxy groups -OCH3 is 1. The van der Waals surface area contributed by atoms with Crippen LogP contribution in [-0.2, 0) is 20.8 Å². The van der Waals surface area contributed by atoms with Gasteiger partial charge in [-0.2, -0.15) is 0 Å². The second-order valence-corrected chi connectivity index (χ2v) is 12.0. The standard InChI is InChI=1S/C30H38BrN7O4/c1-17(32-4)27(39)37-25(29(41)38-28(40)22-11-8-12-33-22)30(2,3)15-18-13-19-23(14-24(18)42-5)34-16-35-26(19)36-21-10-7-6-9-20(21)31/h6-7,9-10,13-14,16-17,22,25,32-33H,8,11-12,15H2,1-5H3,(H,37,39)(H,34,35,36)(H,38,40,41)/t17-,22-,25+/m0/s1. The topological polar surface area (TPSA) is 146 Å². The zero-order valence-corrected chi connectivity index (χ0v) is 26.1. The number of aromatic nitrogens is 2. The molecule has 1 aliphatic heterocycles. The minimum absolute atomic E-state index is 0.331. The van der Waals surface area contributed by atoms with Crippen LogP contribution in [0.25, 0.3) is 10.9 Å². The first-order valence-corrected chi connectivity index (χ1v) is 14.7. The molecule has 3 atom stereocenters. The molecule has 11 nitrogen and oxygen atoms in total. The highest BCUT2D eigenvalue weighted by molar-refractivity contribution is 9.10. The summed E-state index contributed by atoms with van der Waals surface area (Å²) >= 11 is 3.57. The molecule has 3 aromatic rings. The van der Waals surface area contributed by atoms with Crippen molar-refractivity contribution in [3.8, 4) is 5.75 Å². The molecule has 42 heavy (non-hydrogen) atoms. The fraction of sp³-hybridized carbons (Fsp3) is 0.433. The molecule has 0 unspecified atom stereocenters. The molecule has 2 heterocycles. The van der Waals surface area contributed by atoms with Gasteiger partial charge in [-0.25, -0.2) is 9.97 Å². The number of hydrogen-bond donors (Lipinski definition) is 5. The van der Waals surface area contributed by atoms with Crippen molar-refractivity contribution in [1.82, 2.24) is 31.2 Å². The van der Waals surface area contributed by atoms with E-state index in [1.165, 1.54) is 6.33 Å². The van der Waals surface area contributed by atoms with Crippen LogP contribution in [0.2, 0.25) is 0 Å². The van der Waals surface area contributed by atoms with E-state index in [1.807, 2.05) is 50.2 Å². The van der Waals surface area contributed by atoms with Gasteiger partial charge in [0.25, 0.3) is 0 Å². The maximum absolute atomic E-state index is 13.6. The van der Waals surface area contributed by atoms with Gasteiger partial charge in [-0.3, -0.25) is 19.7 Å². The SMILES string of the molecule is CN[C@@H](C)C(=O)N[C@H](C(=O)NC(=O)[C@@H]1CCCN1)C(C)(C)Cc1cc2c(Nc3ccccc3Br)ncnc2cc1OC. The summed E-state index contributed by atoms with van der Waals surface area (Å²) in [5.74, 6) is -0.113. The molecule has 2 aromatic carbocycles. The van der Waals surface area contributed by atoms with Crippen molar-refractivity contribution in [3.05, 3.63) is 52.8 Å². The number of carbonyl (C=O) groups excluding carboxylic acids is 3. The Morgan fingerprint density at radius 3 is 2.60 bits per heavy atom. The van der Waals surface area contributed by atoms with Gasteiger partial charge in [-0.15, -0.1) is 0 Å². The number of hydrogen-bond acceptors (Lipinski definition) is 9. The van der Waals surface area contributed by atoms with Gasteiger partial charge < -0.3 is 26.0 Å². The Hall–Kier alpha value is -3.61. The number of ether oxygens (including phenoxy) is 1. The lowest BCUT2D eigenvalue weighted by Gasteiger charge is -2.35. The molecule has 3 amide bonds. The highest BCUT2D eigenvalue weighted by Gasteiger charge is 2.39. The molecule has 0 radical (unpaired) electrons. The molecule has 1 aliphatic rings. The van der Waals surface area contributed by atoms with E-state index in [0.29, 0.717) is 29.9 Å². The Bertz CT molecular complexity index is 1460. The molecule has 224 valence electrons. The summed E-state index contributed by atoms with van der Waals surface area (Å²) in [7, 11) is 3.24. The van der Waals surface area contributed by atoms with Crippen LogP contribution in [0.15, 0.2) is 47.2 Å². The van der Waals surface area contributed by atoms with Crippen LogP contribution in [0.5, 0.6) is 5.75 Å². The van der Waals surface area contributed by atoms with Crippen LogP contribution in [0.4, 0.5) is 11.5 Å². The molecule has 0 aliphatic carbocycles. The fourth-order valence-corrected chi connectivity index (χ4v) is 5.43. The van der Waals surface area contributed by atoms with E-state index in [4.69, 9.17) is 4.74 Å². The zero-order chi connectivity index (χ0) is 30.4. The molecule has 0 saturated carbocycles. The number of anilines is 2. The van der Waals surface area contributed by atoms with Crippen molar-refractivity contribution >= 4 is 56.1 Å². The maximum atomic E-state index is 13.6. The van der Waals surface area contributed by atoms with Gasteiger partial charge in [-0.1, -0.05) is 26.0 Å². The number of nitrogens with zero attached hydrogens (tertiary/aromatic N) is 2. The average molecular weight is 641 g/mol. The molecule has 1 fully saturated rings. The normalized spacial score (nSPS) is 16.5. The van der Waals surface area contributed by atoms with Gasteiger partial charge in [0.15, 0.2) is 0 Å². The van der Waals surface area contributed by atoms with Crippen molar-refractivity contribution in [3.63, 3.8) is 0 Å². The number of fused-ring (bicyclic) bond motifs is 1. The van der Waals surface area contributed by atoms with E-state index in [9.17, 15) is 14.4 Å². The number of nitrogens with one attached hydrogen (secondary N) is 5. The summed E-state index contributed by atoms with van der Waals surface area (Å²) < 4.78 is 6.62. The van der Waals surface area contributed by atoms with Gasteiger partial charge >= 0.3 is 0 Å². The maximum Gasteiger partial charge on any atom is 0.249 e. The summed E-state index contributed by atoms with van der Waals surface area (Å²) in [5.41, 5.74) is 1.47. The van der Waals surface area contributed by atoms with Crippen molar-refractivity contribution < 1.29 is 19.1 Å². The number of para-hydroxylation sites is 1. The predicted octanol–water partition coefficient (Wildman–Crippen LogP) is 3.20. The number of benzene rings is 2.